The van der Waals surface area contributed by atoms with E-state index in [0.29, 0.717) is 5.92 Å². The summed E-state index contributed by atoms with van der Waals surface area (Å²) in [4.78, 5) is 2.42. The van der Waals surface area contributed by atoms with E-state index in [1.165, 1.54) is 5.69 Å². The highest BCUT2D eigenvalue weighted by Gasteiger charge is 2.51. The summed E-state index contributed by atoms with van der Waals surface area (Å²) in [5, 5.41) is 0. The van der Waals surface area contributed by atoms with Gasteiger partial charge in [-0.15, -0.1) is 0 Å². The van der Waals surface area contributed by atoms with Crippen LogP contribution in [0, 0.1) is 5.92 Å². The zero-order valence-electron chi connectivity index (χ0n) is 17.5. The first kappa shape index (κ1) is 20.7. The van der Waals surface area contributed by atoms with Gasteiger partial charge in [0.25, 0.3) is 0 Å². The van der Waals surface area contributed by atoms with Crippen LogP contribution in [0.25, 0.3) is 0 Å². The smallest absolute Gasteiger partial charge is 0.399 e. The topological polar surface area (TPSA) is 51.1 Å². The van der Waals surface area contributed by atoms with E-state index in [0.717, 1.165) is 37.9 Å². The fourth-order valence-corrected chi connectivity index (χ4v) is 4.05. The Morgan fingerprint density at radius 1 is 1.07 bits per heavy atom. The van der Waals surface area contributed by atoms with Crippen LogP contribution in [0.3, 0.4) is 0 Å². The summed E-state index contributed by atoms with van der Waals surface area (Å²) in [6.45, 7) is 11.1. The maximum atomic E-state index is 11.7. The summed E-state index contributed by atoms with van der Waals surface area (Å²) in [7, 11) is -2.29. The third kappa shape index (κ3) is 4.87. The average Bonchev–Trinajstić information content (AvgIpc) is 2.81. The Labute approximate surface area is 165 Å². The van der Waals surface area contributed by atoms with Gasteiger partial charge in [-0.3, -0.25) is 4.21 Å². The summed E-state index contributed by atoms with van der Waals surface area (Å²) in [6, 6.07) is 8.55. The lowest BCUT2D eigenvalue weighted by Gasteiger charge is -2.33. The van der Waals surface area contributed by atoms with E-state index in [1.54, 1.807) is 12.5 Å². The summed E-state index contributed by atoms with van der Waals surface area (Å²) >= 11 is 0. The van der Waals surface area contributed by atoms with E-state index in [1.807, 2.05) is 0 Å². The Balaban J connectivity index is 1.59. The predicted molar refractivity (Wildman–Crippen MR) is 114 cm³/mol. The van der Waals surface area contributed by atoms with Crippen LogP contribution in [0.15, 0.2) is 28.6 Å². The molecular formula is C20H33BN2O3S. The molecule has 2 fully saturated rings. The van der Waals surface area contributed by atoms with Crippen molar-refractivity contribution >= 4 is 28.0 Å². The van der Waals surface area contributed by atoms with Gasteiger partial charge in [0.2, 0.25) is 0 Å². The fraction of sp³-hybridized carbons (Fsp3) is 0.700. The molecule has 0 aliphatic carbocycles. The molecule has 0 atom stereocenters. The van der Waals surface area contributed by atoms with E-state index in [4.69, 9.17) is 9.31 Å². The standard InChI is InChI=1S/C20H33BN2O3S/c1-19(2)20(3,4)26-21(25-19)17-7-9-18(10-8-17)23-13-11-16(12-14-23)15-22-27(5,6)24/h7-10,16H,11-15H2,1-6H3. The Kier molecular flexibility index (Phi) is 5.68. The molecule has 2 aliphatic heterocycles. The molecule has 0 amide bonds. The molecule has 0 aromatic heterocycles. The van der Waals surface area contributed by atoms with E-state index in [-0.39, 0.29) is 18.3 Å². The van der Waals surface area contributed by atoms with Crippen molar-refractivity contribution in [2.24, 2.45) is 10.3 Å². The number of benzene rings is 1. The first-order chi connectivity index (χ1) is 12.5. The molecular weight excluding hydrogens is 359 g/mol. The number of nitrogens with zero attached hydrogens (tertiary/aromatic N) is 2. The Hall–Kier alpha value is -1.05. The number of hydrogen-bond donors (Lipinski definition) is 0. The Bertz CT molecular complexity index is 753. The molecule has 7 heteroatoms. The van der Waals surface area contributed by atoms with Crippen LogP contribution < -0.4 is 10.4 Å². The number of rotatable bonds is 4. The van der Waals surface area contributed by atoms with Gasteiger partial charge in [0, 0.05) is 41.0 Å². The minimum atomic E-state index is -1.98. The molecule has 2 aliphatic rings. The van der Waals surface area contributed by atoms with Crippen molar-refractivity contribution in [3.63, 3.8) is 0 Å². The maximum absolute atomic E-state index is 11.7. The van der Waals surface area contributed by atoms with Crippen molar-refractivity contribution in [2.45, 2.75) is 51.7 Å². The molecule has 2 saturated heterocycles. The number of anilines is 1. The monoisotopic (exact) mass is 392 g/mol. The summed E-state index contributed by atoms with van der Waals surface area (Å²) in [6.07, 6.45) is 5.61. The first-order valence-electron chi connectivity index (χ1n) is 9.80. The van der Waals surface area contributed by atoms with Gasteiger partial charge in [-0.1, -0.05) is 12.1 Å². The summed E-state index contributed by atoms with van der Waals surface area (Å²) in [5.41, 5.74) is 1.67. The fourth-order valence-electron chi connectivity index (χ4n) is 3.48. The van der Waals surface area contributed by atoms with Gasteiger partial charge in [0.1, 0.15) is 0 Å². The van der Waals surface area contributed by atoms with Crippen molar-refractivity contribution < 1.29 is 13.5 Å². The van der Waals surface area contributed by atoms with Crippen molar-refractivity contribution in [2.75, 3.05) is 37.0 Å². The normalized spacial score (nSPS) is 22.9. The van der Waals surface area contributed by atoms with Crippen LogP contribution in [-0.4, -0.2) is 54.7 Å². The molecule has 3 rings (SSSR count). The molecule has 150 valence electrons. The van der Waals surface area contributed by atoms with Crippen LogP contribution in [0.4, 0.5) is 5.69 Å². The summed E-state index contributed by atoms with van der Waals surface area (Å²) < 4.78 is 28.3. The molecule has 0 spiro atoms. The van der Waals surface area contributed by atoms with Gasteiger partial charge in [-0.25, -0.2) is 4.36 Å². The highest BCUT2D eigenvalue weighted by molar-refractivity contribution is 7.92. The van der Waals surface area contributed by atoms with Gasteiger partial charge >= 0.3 is 7.12 Å². The van der Waals surface area contributed by atoms with Crippen LogP contribution in [-0.2, 0) is 19.0 Å². The number of hydrogen-bond acceptors (Lipinski definition) is 5. The SMILES string of the molecule is CC1(C)OB(c2ccc(N3CCC(CN=S(C)(C)=O)CC3)cc2)OC1(C)C. The van der Waals surface area contributed by atoms with E-state index < -0.39 is 9.73 Å². The van der Waals surface area contributed by atoms with Crippen molar-refractivity contribution in [3.8, 4) is 0 Å². The Morgan fingerprint density at radius 3 is 2.07 bits per heavy atom. The molecule has 0 unspecified atom stereocenters. The largest absolute Gasteiger partial charge is 0.494 e. The highest BCUT2D eigenvalue weighted by atomic mass is 32.2. The average molecular weight is 392 g/mol. The molecule has 2 heterocycles. The van der Waals surface area contributed by atoms with Gasteiger partial charge in [0.05, 0.1) is 17.7 Å². The van der Waals surface area contributed by atoms with Crippen LogP contribution in [0.2, 0.25) is 0 Å². The van der Waals surface area contributed by atoms with Crippen molar-refractivity contribution in [1.82, 2.24) is 0 Å². The lowest BCUT2D eigenvalue weighted by Crippen LogP contribution is -2.41. The van der Waals surface area contributed by atoms with Crippen molar-refractivity contribution in [1.29, 1.82) is 0 Å². The molecule has 0 N–H and O–H groups in total. The first-order valence-corrected chi connectivity index (χ1v) is 12.1. The zero-order chi connectivity index (χ0) is 19.9. The van der Waals surface area contributed by atoms with Gasteiger partial charge in [-0.2, -0.15) is 0 Å². The van der Waals surface area contributed by atoms with Gasteiger partial charge in [0.15, 0.2) is 0 Å². The van der Waals surface area contributed by atoms with Gasteiger partial charge < -0.3 is 14.2 Å². The lowest BCUT2D eigenvalue weighted by molar-refractivity contribution is 0.00578. The minimum Gasteiger partial charge on any atom is -0.399 e. The second-order valence-electron chi connectivity index (χ2n) is 9.10. The van der Waals surface area contributed by atoms with Crippen molar-refractivity contribution in [3.05, 3.63) is 24.3 Å². The molecule has 27 heavy (non-hydrogen) atoms. The third-order valence-corrected chi connectivity index (χ3v) is 6.81. The Morgan fingerprint density at radius 2 is 1.59 bits per heavy atom. The lowest BCUT2D eigenvalue weighted by atomic mass is 9.79. The molecule has 1 aromatic carbocycles. The van der Waals surface area contributed by atoms with E-state index >= 15 is 0 Å². The molecule has 0 radical (unpaired) electrons. The predicted octanol–water partition coefficient (Wildman–Crippen LogP) is 2.93. The van der Waals surface area contributed by atoms with E-state index in [2.05, 4.69) is 61.2 Å². The third-order valence-electron chi connectivity index (χ3n) is 6.04. The second-order valence-corrected chi connectivity index (χ2v) is 11.7. The second kappa shape index (κ2) is 7.41. The zero-order valence-corrected chi connectivity index (χ0v) is 18.3. The maximum Gasteiger partial charge on any atom is 0.494 e. The summed E-state index contributed by atoms with van der Waals surface area (Å²) in [5.74, 6) is 0.547. The van der Waals surface area contributed by atoms with E-state index in [9.17, 15) is 4.21 Å². The minimum absolute atomic E-state index is 0.311. The van der Waals surface area contributed by atoms with Crippen LogP contribution in [0.1, 0.15) is 40.5 Å². The molecule has 1 aromatic rings. The van der Waals surface area contributed by atoms with Crippen LogP contribution in [0.5, 0.6) is 0 Å². The number of piperidine rings is 1. The quantitative estimate of drug-likeness (QED) is 0.740. The van der Waals surface area contributed by atoms with Crippen LogP contribution >= 0.6 is 0 Å². The molecule has 5 nitrogen and oxygen atoms in total. The molecule has 0 saturated carbocycles. The highest BCUT2D eigenvalue weighted by Crippen LogP contribution is 2.36. The van der Waals surface area contributed by atoms with Gasteiger partial charge in [-0.05, 0) is 64.1 Å². The molecule has 0 bridgehead atoms.